The molecule has 17 heavy (non-hydrogen) atoms. The van der Waals surface area contributed by atoms with Crippen molar-refractivity contribution in [2.75, 3.05) is 13.1 Å². The lowest BCUT2D eigenvalue weighted by atomic mass is 10.0. The van der Waals surface area contributed by atoms with E-state index in [9.17, 15) is 0 Å². The molecule has 0 aromatic carbocycles. The van der Waals surface area contributed by atoms with Gasteiger partial charge >= 0.3 is 0 Å². The maximum Gasteiger partial charge on any atom is 0.191 e. The van der Waals surface area contributed by atoms with E-state index in [1.807, 2.05) is 6.92 Å². The maximum atomic E-state index is 6.02. The molecule has 0 spiro atoms. The van der Waals surface area contributed by atoms with Gasteiger partial charge in [-0.2, -0.15) is 0 Å². The van der Waals surface area contributed by atoms with Crippen molar-refractivity contribution < 1.29 is 0 Å². The summed E-state index contributed by atoms with van der Waals surface area (Å²) in [6, 6.07) is 0. The quantitative estimate of drug-likeness (QED) is 0.639. The van der Waals surface area contributed by atoms with Crippen LogP contribution in [-0.4, -0.2) is 33.5 Å². The molecule has 1 aliphatic rings. The number of aliphatic imine (C=N–C) groups is 1. The van der Waals surface area contributed by atoms with Gasteiger partial charge in [-0.05, 0) is 37.2 Å². The Kier molecular flexibility index (Phi) is 3.93. The fourth-order valence-corrected chi connectivity index (χ4v) is 2.60. The first-order valence-corrected chi connectivity index (χ1v) is 6.77. The summed E-state index contributed by atoms with van der Waals surface area (Å²) in [6.45, 7) is 6.86. The van der Waals surface area contributed by atoms with Gasteiger partial charge in [0.15, 0.2) is 5.96 Å². The summed E-state index contributed by atoms with van der Waals surface area (Å²) in [5, 5.41) is 3.96. The van der Waals surface area contributed by atoms with Crippen LogP contribution in [0.4, 0.5) is 0 Å². The number of nitrogens with zero attached hydrogens (tertiary/aromatic N) is 4. The molecule has 2 heterocycles. The third-order valence-electron chi connectivity index (χ3n) is 3.11. The average molecular weight is 253 g/mol. The number of aromatic nitrogens is 2. The highest BCUT2D eigenvalue weighted by Gasteiger charge is 2.17. The van der Waals surface area contributed by atoms with Gasteiger partial charge in [0, 0.05) is 13.1 Å². The molecule has 1 aliphatic heterocycles. The highest BCUT2D eigenvalue weighted by Crippen LogP contribution is 2.15. The van der Waals surface area contributed by atoms with Gasteiger partial charge in [-0.1, -0.05) is 11.4 Å². The third-order valence-corrected chi connectivity index (χ3v) is 3.92. The van der Waals surface area contributed by atoms with Gasteiger partial charge in [0.05, 0.1) is 17.1 Å². The van der Waals surface area contributed by atoms with E-state index in [0.29, 0.717) is 18.4 Å². The number of likely N-dealkylation sites (tertiary alicyclic amines) is 1. The molecule has 0 saturated carbocycles. The second-order valence-electron chi connectivity index (χ2n) is 4.65. The van der Waals surface area contributed by atoms with Crippen molar-refractivity contribution in [3.8, 4) is 0 Å². The Labute approximate surface area is 106 Å². The summed E-state index contributed by atoms with van der Waals surface area (Å²) >= 11 is 1.40. The molecule has 2 rings (SSSR count). The summed E-state index contributed by atoms with van der Waals surface area (Å²) < 4.78 is 3.89. The summed E-state index contributed by atoms with van der Waals surface area (Å²) in [5.74, 6) is 1.37. The largest absolute Gasteiger partial charge is 0.370 e. The van der Waals surface area contributed by atoms with Crippen LogP contribution in [0.25, 0.3) is 0 Å². The standard InChI is InChI=1S/C11H19N5S/c1-8-4-3-5-16(7-8)11(12)13-6-10-9(2)14-15-17-10/h8H,3-7H2,1-2H3,(H2,12,13). The van der Waals surface area contributed by atoms with Crippen LogP contribution in [0.3, 0.4) is 0 Å². The zero-order valence-corrected chi connectivity index (χ0v) is 11.2. The number of guanidine groups is 1. The number of aryl methyl sites for hydroxylation is 1. The molecule has 6 heteroatoms. The molecule has 0 aliphatic carbocycles. The van der Waals surface area contributed by atoms with Crippen molar-refractivity contribution in [1.29, 1.82) is 0 Å². The molecule has 2 N–H and O–H groups in total. The lowest BCUT2D eigenvalue weighted by Crippen LogP contribution is -2.43. The van der Waals surface area contributed by atoms with Gasteiger partial charge in [0.25, 0.3) is 0 Å². The van der Waals surface area contributed by atoms with Crippen LogP contribution in [0.5, 0.6) is 0 Å². The second kappa shape index (κ2) is 5.44. The van der Waals surface area contributed by atoms with Gasteiger partial charge in [0.2, 0.25) is 0 Å². The molecule has 5 nitrogen and oxygen atoms in total. The molecule has 94 valence electrons. The fraction of sp³-hybridized carbons (Fsp3) is 0.727. The molecule has 1 aromatic heterocycles. The minimum absolute atomic E-state index is 0.597. The van der Waals surface area contributed by atoms with Crippen molar-refractivity contribution in [2.24, 2.45) is 16.6 Å². The summed E-state index contributed by atoms with van der Waals surface area (Å²) in [6.07, 6.45) is 2.50. The van der Waals surface area contributed by atoms with Crippen molar-refractivity contribution in [3.63, 3.8) is 0 Å². The minimum atomic E-state index is 0.597. The zero-order chi connectivity index (χ0) is 12.3. The van der Waals surface area contributed by atoms with Crippen molar-refractivity contribution in [1.82, 2.24) is 14.5 Å². The van der Waals surface area contributed by atoms with Crippen LogP contribution in [0.2, 0.25) is 0 Å². The van der Waals surface area contributed by atoms with Crippen LogP contribution in [0, 0.1) is 12.8 Å². The van der Waals surface area contributed by atoms with Gasteiger partial charge < -0.3 is 10.6 Å². The van der Waals surface area contributed by atoms with E-state index in [0.717, 1.165) is 23.7 Å². The zero-order valence-electron chi connectivity index (χ0n) is 10.4. The van der Waals surface area contributed by atoms with E-state index in [4.69, 9.17) is 5.73 Å². The normalized spacial score (nSPS) is 21.9. The number of piperidine rings is 1. The van der Waals surface area contributed by atoms with Crippen LogP contribution < -0.4 is 5.73 Å². The third kappa shape index (κ3) is 3.15. The average Bonchev–Trinajstić information content (AvgIpc) is 2.72. The lowest BCUT2D eigenvalue weighted by molar-refractivity contribution is 0.270. The Balaban J connectivity index is 1.95. The Morgan fingerprint density at radius 2 is 2.47 bits per heavy atom. The predicted octanol–water partition coefficient (Wildman–Crippen LogP) is 1.39. The molecule has 0 radical (unpaired) electrons. The van der Waals surface area contributed by atoms with Gasteiger partial charge in [-0.25, -0.2) is 4.99 Å². The molecule has 1 unspecified atom stereocenters. The van der Waals surface area contributed by atoms with Crippen LogP contribution >= 0.6 is 11.5 Å². The van der Waals surface area contributed by atoms with Crippen LogP contribution in [0.15, 0.2) is 4.99 Å². The molecular formula is C11H19N5S. The van der Waals surface area contributed by atoms with Crippen LogP contribution in [-0.2, 0) is 6.54 Å². The number of hydrogen-bond acceptors (Lipinski definition) is 4. The molecule has 0 bridgehead atoms. The van der Waals surface area contributed by atoms with Crippen molar-refractivity contribution in [3.05, 3.63) is 10.6 Å². The Bertz CT molecular complexity index is 400. The van der Waals surface area contributed by atoms with E-state index >= 15 is 0 Å². The smallest absolute Gasteiger partial charge is 0.191 e. The van der Waals surface area contributed by atoms with E-state index in [1.54, 1.807) is 0 Å². The molecule has 1 aromatic rings. The van der Waals surface area contributed by atoms with Gasteiger partial charge in [-0.15, -0.1) is 5.10 Å². The Hall–Kier alpha value is -1.17. The maximum absolute atomic E-state index is 6.02. The first kappa shape index (κ1) is 12.3. The topological polar surface area (TPSA) is 67.4 Å². The minimum Gasteiger partial charge on any atom is -0.370 e. The van der Waals surface area contributed by atoms with E-state index < -0.39 is 0 Å². The monoisotopic (exact) mass is 253 g/mol. The van der Waals surface area contributed by atoms with E-state index in [2.05, 4.69) is 26.4 Å². The molecule has 1 saturated heterocycles. The lowest BCUT2D eigenvalue weighted by Gasteiger charge is -2.31. The van der Waals surface area contributed by atoms with Gasteiger partial charge in [0.1, 0.15) is 0 Å². The first-order valence-electron chi connectivity index (χ1n) is 5.99. The first-order chi connectivity index (χ1) is 8.16. The summed E-state index contributed by atoms with van der Waals surface area (Å²) in [4.78, 5) is 7.71. The SMILES string of the molecule is Cc1nnsc1CN=C(N)N1CCCC(C)C1. The van der Waals surface area contributed by atoms with Gasteiger partial charge in [-0.3, -0.25) is 0 Å². The van der Waals surface area contributed by atoms with E-state index in [-0.39, 0.29) is 0 Å². The fourth-order valence-electron chi connectivity index (χ4n) is 2.05. The Morgan fingerprint density at radius 1 is 1.65 bits per heavy atom. The van der Waals surface area contributed by atoms with Crippen molar-refractivity contribution >= 4 is 17.5 Å². The Morgan fingerprint density at radius 3 is 3.12 bits per heavy atom. The van der Waals surface area contributed by atoms with Crippen LogP contribution in [0.1, 0.15) is 30.3 Å². The molecule has 1 fully saturated rings. The van der Waals surface area contributed by atoms with Crippen molar-refractivity contribution in [2.45, 2.75) is 33.2 Å². The molecule has 1 atom stereocenters. The summed E-state index contributed by atoms with van der Waals surface area (Å²) in [7, 11) is 0. The highest BCUT2D eigenvalue weighted by molar-refractivity contribution is 7.05. The second-order valence-corrected chi connectivity index (χ2v) is 5.49. The number of hydrogen-bond donors (Lipinski definition) is 1. The molecule has 0 amide bonds. The van der Waals surface area contributed by atoms with E-state index in [1.165, 1.54) is 24.4 Å². The predicted molar refractivity (Wildman–Crippen MR) is 69.9 cm³/mol. The number of rotatable bonds is 2. The summed E-state index contributed by atoms with van der Waals surface area (Å²) in [5.41, 5.74) is 6.97. The molecular weight excluding hydrogens is 234 g/mol. The number of nitrogens with two attached hydrogens (primary N) is 1. The highest BCUT2D eigenvalue weighted by atomic mass is 32.1.